The van der Waals surface area contributed by atoms with E-state index in [9.17, 15) is 4.79 Å². The van der Waals surface area contributed by atoms with E-state index in [1.54, 1.807) is 0 Å². The van der Waals surface area contributed by atoms with E-state index in [0.717, 1.165) is 5.56 Å². The Balaban J connectivity index is 1.73. The number of methoxy groups -OCH3 is 1. The molecular formula is C14H19NO3. The number of rotatable bonds is 6. The van der Waals surface area contributed by atoms with Crippen molar-refractivity contribution in [2.75, 3.05) is 26.8 Å². The summed E-state index contributed by atoms with van der Waals surface area (Å²) in [6.45, 7) is 2.54. The molecule has 1 N–H and O–H groups in total. The number of ether oxygens (including phenoxy) is 2. The maximum Gasteiger partial charge on any atom is 0.314 e. The second-order valence-electron chi connectivity index (χ2n) is 4.66. The zero-order valence-corrected chi connectivity index (χ0v) is 10.6. The van der Waals surface area contributed by atoms with E-state index in [-0.39, 0.29) is 11.4 Å². The van der Waals surface area contributed by atoms with Crippen molar-refractivity contribution in [1.29, 1.82) is 0 Å². The highest BCUT2D eigenvalue weighted by atomic mass is 16.5. The molecule has 0 aliphatic carbocycles. The molecule has 0 radical (unpaired) electrons. The molecule has 1 saturated heterocycles. The van der Waals surface area contributed by atoms with Gasteiger partial charge in [-0.05, 0) is 12.0 Å². The van der Waals surface area contributed by atoms with E-state index in [1.165, 1.54) is 7.11 Å². The number of nitrogens with one attached hydrogen (secondary N) is 1. The largest absolute Gasteiger partial charge is 0.469 e. The van der Waals surface area contributed by atoms with Gasteiger partial charge in [0, 0.05) is 19.7 Å². The van der Waals surface area contributed by atoms with Crippen LogP contribution in [0.3, 0.4) is 0 Å². The molecule has 1 fully saturated rings. The van der Waals surface area contributed by atoms with E-state index in [4.69, 9.17) is 9.47 Å². The lowest BCUT2D eigenvalue weighted by Gasteiger charge is -2.39. The molecule has 4 heteroatoms. The number of carbonyl (C=O) groups excluding carboxylic acids is 1. The van der Waals surface area contributed by atoms with Gasteiger partial charge in [-0.3, -0.25) is 4.79 Å². The van der Waals surface area contributed by atoms with Gasteiger partial charge in [0.05, 0.1) is 19.1 Å². The third-order valence-corrected chi connectivity index (χ3v) is 3.38. The molecule has 1 aliphatic heterocycles. The van der Waals surface area contributed by atoms with Gasteiger partial charge in [0.2, 0.25) is 0 Å². The van der Waals surface area contributed by atoms with E-state index >= 15 is 0 Å². The van der Waals surface area contributed by atoms with Crippen molar-refractivity contribution in [3.05, 3.63) is 35.9 Å². The summed E-state index contributed by atoms with van der Waals surface area (Å²) in [5, 5.41) is 3.12. The van der Waals surface area contributed by atoms with Crippen molar-refractivity contribution in [2.24, 2.45) is 5.41 Å². The molecule has 1 aliphatic rings. The second kappa shape index (κ2) is 5.98. The van der Waals surface area contributed by atoms with Crippen molar-refractivity contribution < 1.29 is 14.3 Å². The first kappa shape index (κ1) is 13.1. The summed E-state index contributed by atoms with van der Waals surface area (Å²) in [4.78, 5) is 11.7. The van der Waals surface area contributed by atoms with Crippen LogP contribution in [0.5, 0.6) is 0 Å². The Kier molecular flexibility index (Phi) is 4.33. The molecule has 0 unspecified atom stereocenters. The minimum atomic E-state index is -0.370. The molecule has 0 bridgehead atoms. The van der Waals surface area contributed by atoms with Crippen LogP contribution in [0.1, 0.15) is 12.0 Å². The van der Waals surface area contributed by atoms with Gasteiger partial charge in [0.25, 0.3) is 0 Å². The summed E-state index contributed by atoms with van der Waals surface area (Å²) >= 11 is 0. The van der Waals surface area contributed by atoms with Gasteiger partial charge in [0.1, 0.15) is 0 Å². The maximum atomic E-state index is 11.7. The fourth-order valence-corrected chi connectivity index (χ4v) is 2.10. The normalized spacial score (nSPS) is 16.9. The minimum absolute atomic E-state index is 0.135. The predicted octanol–water partition coefficient (Wildman–Crippen LogP) is 1.36. The van der Waals surface area contributed by atoms with Crippen LogP contribution in [0.15, 0.2) is 30.3 Å². The van der Waals surface area contributed by atoms with Crippen LogP contribution in [0, 0.1) is 5.41 Å². The number of hydrogen-bond donors (Lipinski definition) is 1. The molecule has 1 aromatic rings. The van der Waals surface area contributed by atoms with Crippen molar-refractivity contribution in [3.8, 4) is 0 Å². The Morgan fingerprint density at radius 2 is 2.06 bits per heavy atom. The van der Waals surface area contributed by atoms with Gasteiger partial charge >= 0.3 is 5.97 Å². The zero-order valence-electron chi connectivity index (χ0n) is 10.6. The standard InChI is InChI=1S/C14H19NO3/c1-17-13(16)14(10-15-11-14)7-8-18-9-12-5-3-2-4-6-12/h2-6,15H,7-11H2,1H3. The molecule has 0 atom stereocenters. The highest BCUT2D eigenvalue weighted by Gasteiger charge is 2.44. The average Bonchev–Trinajstić information content (AvgIpc) is 2.37. The molecule has 1 heterocycles. The SMILES string of the molecule is COC(=O)C1(CCOCc2ccccc2)CNC1. The fraction of sp³-hybridized carbons (Fsp3) is 0.500. The number of esters is 1. The smallest absolute Gasteiger partial charge is 0.314 e. The summed E-state index contributed by atoms with van der Waals surface area (Å²) in [6, 6.07) is 10.0. The second-order valence-corrected chi connectivity index (χ2v) is 4.66. The first-order valence-electron chi connectivity index (χ1n) is 6.18. The first-order chi connectivity index (χ1) is 8.77. The van der Waals surface area contributed by atoms with Gasteiger partial charge in [-0.1, -0.05) is 30.3 Å². The van der Waals surface area contributed by atoms with Crippen LogP contribution in [0.2, 0.25) is 0 Å². The molecule has 2 rings (SSSR count). The lowest BCUT2D eigenvalue weighted by molar-refractivity contribution is -0.157. The summed E-state index contributed by atoms with van der Waals surface area (Å²) in [6.07, 6.45) is 0.708. The lowest BCUT2D eigenvalue weighted by atomic mass is 9.79. The average molecular weight is 249 g/mol. The van der Waals surface area contributed by atoms with Gasteiger partial charge in [-0.2, -0.15) is 0 Å². The quantitative estimate of drug-likeness (QED) is 0.611. The Hall–Kier alpha value is -1.39. The zero-order chi connectivity index (χ0) is 12.8. The van der Waals surface area contributed by atoms with E-state index in [2.05, 4.69) is 5.32 Å². The summed E-state index contributed by atoms with van der Waals surface area (Å²) < 4.78 is 10.4. The van der Waals surface area contributed by atoms with E-state index in [0.29, 0.717) is 32.7 Å². The van der Waals surface area contributed by atoms with Crippen LogP contribution in [-0.4, -0.2) is 32.8 Å². The Morgan fingerprint density at radius 3 is 2.61 bits per heavy atom. The van der Waals surface area contributed by atoms with Crippen molar-refractivity contribution in [1.82, 2.24) is 5.32 Å². The molecule has 18 heavy (non-hydrogen) atoms. The maximum absolute atomic E-state index is 11.7. The lowest BCUT2D eigenvalue weighted by Crippen LogP contribution is -2.59. The van der Waals surface area contributed by atoms with Crippen LogP contribution in [-0.2, 0) is 20.9 Å². The van der Waals surface area contributed by atoms with Gasteiger partial charge in [-0.25, -0.2) is 0 Å². The third-order valence-electron chi connectivity index (χ3n) is 3.38. The molecule has 0 amide bonds. The van der Waals surface area contributed by atoms with E-state index < -0.39 is 0 Å². The summed E-state index contributed by atoms with van der Waals surface area (Å²) in [5.41, 5.74) is 0.780. The van der Waals surface area contributed by atoms with E-state index in [1.807, 2.05) is 30.3 Å². The van der Waals surface area contributed by atoms with Crippen LogP contribution < -0.4 is 5.32 Å². The molecule has 1 aromatic carbocycles. The molecule has 0 saturated carbocycles. The first-order valence-corrected chi connectivity index (χ1v) is 6.18. The van der Waals surface area contributed by atoms with Crippen LogP contribution in [0.25, 0.3) is 0 Å². The number of carbonyl (C=O) groups is 1. The van der Waals surface area contributed by atoms with Crippen LogP contribution in [0.4, 0.5) is 0 Å². The Bertz CT molecular complexity index is 387. The minimum Gasteiger partial charge on any atom is -0.469 e. The van der Waals surface area contributed by atoms with Crippen molar-refractivity contribution in [2.45, 2.75) is 13.0 Å². The Labute approximate surface area is 107 Å². The highest BCUT2D eigenvalue weighted by Crippen LogP contribution is 2.28. The van der Waals surface area contributed by atoms with Crippen LogP contribution >= 0.6 is 0 Å². The fourth-order valence-electron chi connectivity index (χ4n) is 2.10. The molecule has 4 nitrogen and oxygen atoms in total. The van der Waals surface area contributed by atoms with Crippen molar-refractivity contribution in [3.63, 3.8) is 0 Å². The van der Waals surface area contributed by atoms with Gasteiger partial charge in [-0.15, -0.1) is 0 Å². The Morgan fingerprint density at radius 1 is 1.33 bits per heavy atom. The molecular weight excluding hydrogens is 230 g/mol. The monoisotopic (exact) mass is 249 g/mol. The highest BCUT2D eigenvalue weighted by molar-refractivity contribution is 5.78. The van der Waals surface area contributed by atoms with Gasteiger partial charge in [0.15, 0.2) is 0 Å². The molecule has 0 spiro atoms. The topological polar surface area (TPSA) is 47.6 Å². The molecule has 98 valence electrons. The number of hydrogen-bond acceptors (Lipinski definition) is 4. The van der Waals surface area contributed by atoms with Gasteiger partial charge < -0.3 is 14.8 Å². The van der Waals surface area contributed by atoms with Crippen molar-refractivity contribution >= 4 is 5.97 Å². The molecule has 0 aromatic heterocycles. The summed E-state index contributed by atoms with van der Waals surface area (Å²) in [7, 11) is 1.44. The number of benzene rings is 1. The third kappa shape index (κ3) is 2.89. The summed E-state index contributed by atoms with van der Waals surface area (Å²) in [5.74, 6) is -0.135. The predicted molar refractivity (Wildman–Crippen MR) is 68.0 cm³/mol.